The Morgan fingerprint density at radius 3 is 2.73 bits per heavy atom. The fourth-order valence-electron chi connectivity index (χ4n) is 3.96. The molecule has 1 aliphatic heterocycles. The molecule has 0 radical (unpaired) electrons. The standard InChI is InChI=1S/C27H29N5O/c1-3-5-19(6-4-2)20-8-10-24(28)25(16-20)31-27(33)26-17-21-7-9-23(15-22(21)18-30-26)32-13-11-29-12-14-32/h3-10,15-18,29H,1,11-14,28H2,2H3,(H,31,33)/b6-4-,19-5+. The summed E-state index contributed by atoms with van der Waals surface area (Å²) in [5.74, 6) is -0.299. The number of hydrogen-bond donors (Lipinski definition) is 3. The van der Waals surface area contributed by atoms with Crippen LogP contribution in [-0.2, 0) is 0 Å². The molecule has 2 aromatic carbocycles. The first-order valence-electron chi connectivity index (χ1n) is 11.1. The Morgan fingerprint density at radius 1 is 1.15 bits per heavy atom. The quantitative estimate of drug-likeness (QED) is 0.385. The Labute approximate surface area is 194 Å². The van der Waals surface area contributed by atoms with Gasteiger partial charge in [-0.2, -0.15) is 0 Å². The number of piperazine rings is 1. The molecule has 3 aromatic rings. The van der Waals surface area contributed by atoms with Crippen LogP contribution in [0.1, 0.15) is 23.0 Å². The number of rotatable bonds is 6. The van der Waals surface area contributed by atoms with Crippen LogP contribution in [0.15, 0.2) is 79.5 Å². The fraction of sp³-hybridized carbons (Fsp3) is 0.185. The predicted molar refractivity (Wildman–Crippen MR) is 139 cm³/mol. The second-order valence-electron chi connectivity index (χ2n) is 7.95. The van der Waals surface area contributed by atoms with Crippen molar-refractivity contribution >= 4 is 39.3 Å². The van der Waals surface area contributed by atoms with Crippen molar-refractivity contribution < 1.29 is 4.79 Å². The molecule has 0 aliphatic carbocycles. The van der Waals surface area contributed by atoms with E-state index in [4.69, 9.17) is 5.73 Å². The van der Waals surface area contributed by atoms with Gasteiger partial charge in [-0.15, -0.1) is 0 Å². The third-order valence-corrected chi connectivity index (χ3v) is 5.70. The number of fused-ring (bicyclic) bond motifs is 1. The van der Waals surface area contributed by atoms with E-state index in [1.165, 1.54) is 5.69 Å². The summed E-state index contributed by atoms with van der Waals surface area (Å²) in [6.45, 7) is 9.67. The van der Waals surface area contributed by atoms with Crippen LogP contribution in [0.25, 0.3) is 16.3 Å². The molecular weight excluding hydrogens is 410 g/mol. The van der Waals surface area contributed by atoms with Crippen LogP contribution >= 0.6 is 0 Å². The number of aromatic nitrogens is 1. The highest BCUT2D eigenvalue weighted by Crippen LogP contribution is 2.27. The minimum atomic E-state index is -0.299. The molecule has 1 aromatic heterocycles. The number of nitrogens with two attached hydrogens (primary N) is 1. The van der Waals surface area contributed by atoms with Crippen LogP contribution < -0.4 is 21.3 Å². The highest BCUT2D eigenvalue weighted by atomic mass is 16.1. The molecule has 4 rings (SSSR count). The molecule has 1 fully saturated rings. The van der Waals surface area contributed by atoms with Gasteiger partial charge in [0.05, 0.1) is 11.4 Å². The zero-order chi connectivity index (χ0) is 23.2. The van der Waals surface area contributed by atoms with Crippen molar-refractivity contribution in [2.45, 2.75) is 6.92 Å². The van der Waals surface area contributed by atoms with Crippen LogP contribution in [-0.4, -0.2) is 37.1 Å². The number of allylic oxidation sites excluding steroid dienone is 5. The zero-order valence-corrected chi connectivity index (χ0v) is 18.8. The number of nitrogens with zero attached hydrogens (tertiary/aromatic N) is 2. The van der Waals surface area contributed by atoms with Gasteiger partial charge in [0.15, 0.2) is 0 Å². The van der Waals surface area contributed by atoms with E-state index in [1.54, 1.807) is 18.3 Å². The first-order valence-corrected chi connectivity index (χ1v) is 11.1. The summed E-state index contributed by atoms with van der Waals surface area (Å²) in [6, 6.07) is 13.7. The number of nitrogens with one attached hydrogen (secondary N) is 2. The van der Waals surface area contributed by atoms with E-state index in [0.717, 1.165) is 48.1 Å². The molecule has 0 bridgehead atoms. The monoisotopic (exact) mass is 439 g/mol. The normalized spacial score (nSPS) is 14.6. The smallest absolute Gasteiger partial charge is 0.274 e. The lowest BCUT2D eigenvalue weighted by Crippen LogP contribution is -2.43. The Bertz CT molecular complexity index is 1240. The van der Waals surface area contributed by atoms with Crippen molar-refractivity contribution in [3.8, 4) is 0 Å². The molecule has 0 saturated carbocycles. The summed E-state index contributed by atoms with van der Waals surface area (Å²) in [5, 5.41) is 8.27. The first kappa shape index (κ1) is 22.3. The van der Waals surface area contributed by atoms with Gasteiger partial charge in [-0.1, -0.05) is 43.0 Å². The van der Waals surface area contributed by atoms with Crippen LogP contribution in [0.2, 0.25) is 0 Å². The maximum absolute atomic E-state index is 13.0. The van der Waals surface area contributed by atoms with E-state index >= 15 is 0 Å². The van der Waals surface area contributed by atoms with Gasteiger partial charge in [0.2, 0.25) is 0 Å². The van der Waals surface area contributed by atoms with Gasteiger partial charge in [0.25, 0.3) is 5.91 Å². The first-order chi connectivity index (χ1) is 16.1. The van der Waals surface area contributed by atoms with Crippen molar-refractivity contribution in [2.24, 2.45) is 0 Å². The molecule has 168 valence electrons. The van der Waals surface area contributed by atoms with E-state index in [9.17, 15) is 4.79 Å². The minimum absolute atomic E-state index is 0.299. The van der Waals surface area contributed by atoms with Gasteiger partial charge < -0.3 is 21.3 Å². The van der Waals surface area contributed by atoms with Crippen molar-refractivity contribution in [1.82, 2.24) is 10.3 Å². The number of carbonyl (C=O) groups excluding carboxylic acids is 1. The molecule has 0 atom stereocenters. The van der Waals surface area contributed by atoms with E-state index in [1.807, 2.05) is 49.4 Å². The number of benzene rings is 2. The van der Waals surface area contributed by atoms with Crippen LogP contribution in [0, 0.1) is 0 Å². The molecule has 0 spiro atoms. The fourth-order valence-corrected chi connectivity index (χ4v) is 3.96. The third kappa shape index (κ3) is 5.13. The maximum Gasteiger partial charge on any atom is 0.274 e. The van der Waals surface area contributed by atoms with Gasteiger partial charge >= 0.3 is 0 Å². The van der Waals surface area contributed by atoms with E-state index in [2.05, 4.69) is 39.2 Å². The molecule has 33 heavy (non-hydrogen) atoms. The number of carbonyl (C=O) groups is 1. The van der Waals surface area contributed by atoms with Crippen molar-refractivity contribution in [1.29, 1.82) is 0 Å². The van der Waals surface area contributed by atoms with Crippen molar-refractivity contribution in [3.63, 3.8) is 0 Å². The third-order valence-electron chi connectivity index (χ3n) is 5.70. The number of anilines is 3. The number of hydrogen-bond acceptors (Lipinski definition) is 5. The summed E-state index contributed by atoms with van der Waals surface area (Å²) in [5.41, 5.74) is 10.6. The summed E-state index contributed by atoms with van der Waals surface area (Å²) < 4.78 is 0. The highest BCUT2D eigenvalue weighted by molar-refractivity contribution is 6.06. The summed E-state index contributed by atoms with van der Waals surface area (Å²) in [6.07, 6.45) is 9.34. The lowest BCUT2D eigenvalue weighted by molar-refractivity contribution is 0.102. The number of amides is 1. The second kappa shape index (κ2) is 10.1. The molecule has 1 aliphatic rings. The second-order valence-corrected chi connectivity index (χ2v) is 7.95. The average molecular weight is 440 g/mol. The lowest BCUT2D eigenvalue weighted by Gasteiger charge is -2.29. The van der Waals surface area contributed by atoms with Crippen molar-refractivity contribution in [3.05, 3.63) is 90.8 Å². The average Bonchev–Trinajstić information content (AvgIpc) is 2.85. The molecule has 2 heterocycles. The largest absolute Gasteiger partial charge is 0.397 e. The minimum Gasteiger partial charge on any atom is -0.397 e. The Morgan fingerprint density at radius 2 is 1.97 bits per heavy atom. The maximum atomic E-state index is 13.0. The van der Waals surface area contributed by atoms with Gasteiger partial charge in [-0.3, -0.25) is 9.78 Å². The number of pyridine rings is 1. The van der Waals surface area contributed by atoms with Crippen LogP contribution in [0.3, 0.4) is 0 Å². The summed E-state index contributed by atoms with van der Waals surface area (Å²) in [7, 11) is 0. The molecular formula is C27H29N5O. The molecule has 1 amide bonds. The van der Waals surface area contributed by atoms with E-state index < -0.39 is 0 Å². The predicted octanol–water partition coefficient (Wildman–Crippen LogP) is 4.62. The van der Waals surface area contributed by atoms with Gasteiger partial charge in [-0.05, 0) is 53.8 Å². The molecule has 6 nitrogen and oxygen atoms in total. The van der Waals surface area contributed by atoms with Gasteiger partial charge in [-0.25, -0.2) is 0 Å². The number of nitrogen functional groups attached to an aromatic ring is 1. The molecule has 4 N–H and O–H groups in total. The molecule has 1 saturated heterocycles. The summed E-state index contributed by atoms with van der Waals surface area (Å²) in [4.78, 5) is 19.7. The van der Waals surface area contributed by atoms with Crippen LogP contribution in [0.5, 0.6) is 0 Å². The Balaban J connectivity index is 1.56. The van der Waals surface area contributed by atoms with Gasteiger partial charge in [0, 0.05) is 43.4 Å². The Hall–Kier alpha value is -3.90. The zero-order valence-electron chi connectivity index (χ0n) is 18.8. The van der Waals surface area contributed by atoms with E-state index in [0.29, 0.717) is 17.1 Å². The van der Waals surface area contributed by atoms with Crippen LogP contribution in [0.4, 0.5) is 17.1 Å². The molecule has 0 unspecified atom stereocenters. The SMILES string of the molecule is C=C/C=C(\C=C/C)c1ccc(N)c(NC(=O)c2cc3ccc(N4CCNCC4)cc3cn2)c1. The van der Waals surface area contributed by atoms with Crippen molar-refractivity contribution in [2.75, 3.05) is 42.1 Å². The lowest BCUT2D eigenvalue weighted by atomic mass is 10.0. The Kier molecular flexibility index (Phi) is 6.86. The highest BCUT2D eigenvalue weighted by Gasteiger charge is 2.14. The van der Waals surface area contributed by atoms with Gasteiger partial charge in [0.1, 0.15) is 5.69 Å². The topological polar surface area (TPSA) is 83.3 Å². The van der Waals surface area contributed by atoms with E-state index in [-0.39, 0.29) is 5.91 Å². The summed E-state index contributed by atoms with van der Waals surface area (Å²) >= 11 is 0. The molecule has 6 heteroatoms.